The average Bonchev–Trinajstić information content (AvgIpc) is 3.28. The lowest BCUT2D eigenvalue weighted by Crippen LogP contribution is -2.46. The first kappa shape index (κ1) is 22.3. The van der Waals surface area contributed by atoms with Crippen molar-refractivity contribution < 1.29 is 22.7 Å². The summed E-state index contributed by atoms with van der Waals surface area (Å²) < 4.78 is 33.6. The van der Waals surface area contributed by atoms with Crippen LogP contribution in [0.5, 0.6) is 5.75 Å². The second kappa shape index (κ2) is 8.91. The average molecular weight is 458 g/mol. The van der Waals surface area contributed by atoms with Crippen molar-refractivity contribution in [2.75, 3.05) is 25.0 Å². The Morgan fingerprint density at radius 2 is 2.03 bits per heavy atom. The third-order valence-corrected chi connectivity index (χ3v) is 8.00. The zero-order chi connectivity index (χ0) is 22.9. The van der Waals surface area contributed by atoms with Crippen molar-refractivity contribution in [2.45, 2.75) is 43.5 Å². The number of fused-ring (bicyclic) bond motifs is 1. The number of anilines is 1. The molecule has 0 radical (unpaired) electrons. The number of sulfonamides is 1. The Bertz CT molecular complexity index is 1130. The minimum atomic E-state index is -3.92. The molecule has 2 aliphatic rings. The molecule has 0 unspecified atom stereocenters. The van der Waals surface area contributed by atoms with Gasteiger partial charge in [-0.3, -0.25) is 9.59 Å². The minimum absolute atomic E-state index is 0.0877. The predicted octanol–water partition coefficient (Wildman–Crippen LogP) is 2.40. The van der Waals surface area contributed by atoms with Gasteiger partial charge in [-0.25, -0.2) is 8.42 Å². The Morgan fingerprint density at radius 1 is 1.28 bits per heavy atom. The van der Waals surface area contributed by atoms with Crippen LogP contribution in [0.4, 0.5) is 5.69 Å². The Balaban J connectivity index is 1.51. The molecule has 2 amide bonds. The number of carbonyl (C=O) groups is 2. The van der Waals surface area contributed by atoms with E-state index in [1.807, 2.05) is 37.3 Å². The summed E-state index contributed by atoms with van der Waals surface area (Å²) >= 11 is 0. The number of aryl methyl sites for hydroxylation is 1. The van der Waals surface area contributed by atoms with Crippen LogP contribution in [-0.4, -0.2) is 50.3 Å². The molecule has 2 heterocycles. The zero-order valence-electron chi connectivity index (χ0n) is 18.1. The summed E-state index contributed by atoms with van der Waals surface area (Å²) in [5, 5.41) is 5.61. The van der Waals surface area contributed by atoms with E-state index < -0.39 is 16.1 Å². The fourth-order valence-corrected chi connectivity index (χ4v) is 6.06. The molecular weight excluding hydrogens is 430 g/mol. The molecule has 2 aromatic rings. The van der Waals surface area contributed by atoms with Gasteiger partial charge in [-0.05, 0) is 42.9 Å². The molecule has 0 bridgehead atoms. The highest BCUT2D eigenvalue weighted by atomic mass is 32.2. The van der Waals surface area contributed by atoms with Crippen molar-refractivity contribution in [3.63, 3.8) is 0 Å². The number of nitrogens with zero attached hydrogens (tertiary/aromatic N) is 1. The lowest BCUT2D eigenvalue weighted by molar-refractivity contribution is -0.124. The van der Waals surface area contributed by atoms with Crippen LogP contribution in [0, 0.1) is 6.92 Å². The second-order valence-corrected chi connectivity index (χ2v) is 10.1. The molecule has 4 rings (SSSR count). The van der Waals surface area contributed by atoms with Gasteiger partial charge in [0.15, 0.2) is 6.61 Å². The van der Waals surface area contributed by atoms with Crippen molar-refractivity contribution in [1.29, 1.82) is 0 Å². The fraction of sp³-hybridized carbons (Fsp3) is 0.391. The van der Waals surface area contributed by atoms with Crippen LogP contribution < -0.4 is 15.4 Å². The van der Waals surface area contributed by atoms with Crippen molar-refractivity contribution >= 4 is 27.5 Å². The molecule has 0 aliphatic carbocycles. The van der Waals surface area contributed by atoms with Crippen LogP contribution in [0.1, 0.15) is 36.8 Å². The maximum Gasteiger partial charge on any atom is 0.262 e. The number of nitrogens with one attached hydrogen (secondary N) is 2. The number of hydrogen-bond donors (Lipinski definition) is 2. The number of ether oxygens (including phenoxy) is 1. The lowest BCUT2D eigenvalue weighted by atomic mass is 10.0. The van der Waals surface area contributed by atoms with E-state index in [0.29, 0.717) is 36.4 Å². The van der Waals surface area contributed by atoms with E-state index in [2.05, 4.69) is 10.6 Å². The lowest BCUT2D eigenvalue weighted by Gasteiger charge is -2.26. The van der Waals surface area contributed by atoms with Gasteiger partial charge in [-0.15, -0.1) is 0 Å². The molecule has 9 heteroatoms. The highest BCUT2D eigenvalue weighted by Gasteiger charge is 2.40. The molecule has 32 heavy (non-hydrogen) atoms. The van der Waals surface area contributed by atoms with Crippen molar-refractivity contribution in [2.24, 2.45) is 0 Å². The van der Waals surface area contributed by atoms with Gasteiger partial charge in [0.25, 0.3) is 5.91 Å². The number of rotatable bonds is 6. The number of carbonyl (C=O) groups excluding carboxylic acids is 2. The van der Waals surface area contributed by atoms with Gasteiger partial charge < -0.3 is 15.4 Å². The summed E-state index contributed by atoms with van der Waals surface area (Å²) in [6.07, 6.45) is 1.09. The maximum atomic E-state index is 13.5. The first-order valence-corrected chi connectivity index (χ1v) is 12.1. The third-order valence-electron chi connectivity index (χ3n) is 5.95. The molecule has 2 aromatic carbocycles. The van der Waals surface area contributed by atoms with Crippen LogP contribution >= 0.6 is 0 Å². The highest BCUT2D eigenvalue weighted by Crippen LogP contribution is 2.36. The number of amides is 2. The third kappa shape index (κ3) is 4.35. The van der Waals surface area contributed by atoms with E-state index in [1.54, 1.807) is 13.0 Å². The quantitative estimate of drug-likeness (QED) is 0.693. The van der Waals surface area contributed by atoms with Gasteiger partial charge in [0.2, 0.25) is 15.9 Å². The van der Waals surface area contributed by atoms with Gasteiger partial charge in [-0.1, -0.05) is 37.3 Å². The van der Waals surface area contributed by atoms with Crippen molar-refractivity contribution in [1.82, 2.24) is 9.62 Å². The van der Waals surface area contributed by atoms with Gasteiger partial charge in [0.1, 0.15) is 11.8 Å². The fourth-order valence-electron chi connectivity index (χ4n) is 4.18. The maximum absolute atomic E-state index is 13.5. The first-order chi connectivity index (χ1) is 15.3. The van der Waals surface area contributed by atoms with Crippen LogP contribution in [0.25, 0.3) is 0 Å². The van der Waals surface area contributed by atoms with Gasteiger partial charge in [0, 0.05) is 19.2 Å². The van der Waals surface area contributed by atoms with Crippen LogP contribution in [0.2, 0.25) is 0 Å². The topological polar surface area (TPSA) is 105 Å². The molecule has 2 N–H and O–H groups in total. The van der Waals surface area contributed by atoms with Crippen LogP contribution in [0.3, 0.4) is 0 Å². The monoisotopic (exact) mass is 457 g/mol. The van der Waals surface area contributed by atoms with E-state index in [4.69, 9.17) is 4.74 Å². The largest absolute Gasteiger partial charge is 0.482 e. The summed E-state index contributed by atoms with van der Waals surface area (Å²) in [7, 11) is -3.92. The standard InChI is InChI=1S/C23H27N3O5S/c1-15-11-18-20(31-14-22(27)25-18)12-21(15)32(29,30)26-10-6-9-19(26)23(28)24-13-16(2)17-7-4-3-5-8-17/h3-5,7-8,11-12,16,19H,6,9-10,13-14H2,1-2H3,(H,24,28)(H,25,27)/t16-,19-/m1/s1. The number of benzene rings is 2. The summed E-state index contributed by atoms with van der Waals surface area (Å²) in [6, 6.07) is 12.1. The Morgan fingerprint density at radius 3 is 2.78 bits per heavy atom. The summed E-state index contributed by atoms with van der Waals surface area (Å²) in [5.74, 6) is -0.144. The highest BCUT2D eigenvalue weighted by molar-refractivity contribution is 7.89. The van der Waals surface area contributed by atoms with Gasteiger partial charge in [-0.2, -0.15) is 4.31 Å². The van der Waals surface area contributed by atoms with Crippen LogP contribution in [-0.2, 0) is 19.6 Å². The predicted molar refractivity (Wildman–Crippen MR) is 120 cm³/mol. The van der Waals surface area contributed by atoms with Gasteiger partial charge >= 0.3 is 0 Å². The molecule has 1 saturated heterocycles. The summed E-state index contributed by atoms with van der Waals surface area (Å²) in [6.45, 7) is 4.24. The van der Waals surface area contributed by atoms with Crippen molar-refractivity contribution in [3.8, 4) is 5.75 Å². The smallest absolute Gasteiger partial charge is 0.262 e. The minimum Gasteiger partial charge on any atom is -0.482 e. The van der Waals surface area contributed by atoms with E-state index in [9.17, 15) is 18.0 Å². The molecular formula is C23H27N3O5S. The number of hydrogen-bond acceptors (Lipinski definition) is 5. The first-order valence-electron chi connectivity index (χ1n) is 10.7. The molecule has 0 spiro atoms. The Kier molecular flexibility index (Phi) is 6.21. The molecule has 1 fully saturated rings. The Hall–Kier alpha value is -2.91. The second-order valence-electron chi connectivity index (χ2n) is 8.28. The van der Waals surface area contributed by atoms with Crippen LogP contribution in [0.15, 0.2) is 47.4 Å². The zero-order valence-corrected chi connectivity index (χ0v) is 18.9. The van der Waals surface area contributed by atoms with Crippen molar-refractivity contribution in [3.05, 3.63) is 53.6 Å². The molecule has 2 aliphatic heterocycles. The summed E-state index contributed by atoms with van der Waals surface area (Å²) in [5.41, 5.74) is 2.04. The molecule has 8 nitrogen and oxygen atoms in total. The van der Waals surface area contributed by atoms with Gasteiger partial charge in [0.05, 0.1) is 10.6 Å². The SMILES string of the molecule is Cc1cc2c(cc1S(=O)(=O)N1CCC[C@@H]1C(=O)NC[C@@H](C)c1ccccc1)OCC(=O)N2. The summed E-state index contributed by atoms with van der Waals surface area (Å²) in [4.78, 5) is 24.6. The van der Waals surface area contributed by atoms with E-state index in [0.717, 1.165) is 5.56 Å². The molecule has 2 atom stereocenters. The molecule has 0 aromatic heterocycles. The van der Waals surface area contributed by atoms with E-state index >= 15 is 0 Å². The van der Waals surface area contributed by atoms with E-state index in [1.165, 1.54) is 10.4 Å². The normalized spacial score (nSPS) is 19.6. The Labute approximate surface area is 188 Å². The molecule has 170 valence electrons. The molecule has 0 saturated carbocycles. The van der Waals surface area contributed by atoms with E-state index in [-0.39, 0.29) is 35.8 Å².